The molecule has 7 heteroatoms. The summed E-state index contributed by atoms with van der Waals surface area (Å²) in [5.74, 6) is 3.29. The molecule has 0 fully saturated rings. The van der Waals surface area contributed by atoms with Crippen LogP contribution in [0.15, 0.2) is 33.9 Å². The Balaban J connectivity index is 2.02. The fourth-order valence-electron chi connectivity index (χ4n) is 1.53. The molecule has 0 saturated carbocycles. The smallest absolute Gasteiger partial charge is 0.277 e. The summed E-state index contributed by atoms with van der Waals surface area (Å²) in [5.41, 5.74) is 0.705. The number of para-hydroxylation sites is 1. The van der Waals surface area contributed by atoms with Crippen LogP contribution in [0.3, 0.4) is 0 Å². The van der Waals surface area contributed by atoms with E-state index in [-0.39, 0.29) is 18.2 Å². The lowest BCUT2D eigenvalue weighted by Gasteiger charge is -2.03. The van der Waals surface area contributed by atoms with Crippen LogP contribution in [0.5, 0.6) is 5.75 Å². The van der Waals surface area contributed by atoms with Gasteiger partial charge in [0.2, 0.25) is 5.91 Å². The maximum absolute atomic E-state index is 11.4. The van der Waals surface area contributed by atoms with Gasteiger partial charge in [0.05, 0.1) is 25.0 Å². The number of carbonyl (C=O) groups is 1. The Hall–Kier alpha value is -2.46. The van der Waals surface area contributed by atoms with Crippen molar-refractivity contribution in [2.24, 2.45) is 0 Å². The van der Waals surface area contributed by atoms with E-state index in [0.29, 0.717) is 22.4 Å². The number of methoxy groups -OCH3 is 1. The van der Waals surface area contributed by atoms with Crippen LogP contribution < -0.4 is 10.1 Å². The van der Waals surface area contributed by atoms with Gasteiger partial charge in [0.15, 0.2) is 0 Å². The maximum Gasteiger partial charge on any atom is 0.277 e. The Kier molecular flexibility index (Phi) is 5.23. The molecule has 1 aromatic carbocycles. The molecule has 0 aliphatic rings. The van der Waals surface area contributed by atoms with Gasteiger partial charge in [-0.1, -0.05) is 29.8 Å². The highest BCUT2D eigenvalue weighted by Gasteiger charge is 2.14. The van der Waals surface area contributed by atoms with Crippen LogP contribution in [-0.2, 0) is 4.79 Å². The summed E-state index contributed by atoms with van der Waals surface area (Å²) in [5, 5.41) is 10.7. The summed E-state index contributed by atoms with van der Waals surface area (Å²) in [6.07, 6.45) is 5.05. The van der Waals surface area contributed by atoms with E-state index >= 15 is 0 Å². The van der Waals surface area contributed by atoms with Crippen LogP contribution in [0.2, 0.25) is 0 Å². The van der Waals surface area contributed by atoms with E-state index in [1.807, 2.05) is 18.2 Å². The number of terminal acetylenes is 1. The molecule has 0 atom stereocenters. The lowest BCUT2D eigenvalue weighted by Crippen LogP contribution is -2.25. The third-order valence-corrected chi connectivity index (χ3v) is 3.28. The highest BCUT2D eigenvalue weighted by molar-refractivity contribution is 7.99. The van der Waals surface area contributed by atoms with Crippen molar-refractivity contribution in [3.05, 3.63) is 24.3 Å². The minimum atomic E-state index is -0.185. The standard InChI is InChI=1S/C14H13N3O3S/c1-3-8-15-12(18)9-21-14-17-16-13(20-14)10-6-4-5-7-11(10)19-2/h1,4-7H,8-9H2,2H3,(H,15,18). The number of aromatic nitrogens is 2. The average Bonchev–Trinajstić information content (AvgIpc) is 2.99. The summed E-state index contributed by atoms with van der Waals surface area (Å²) in [6.45, 7) is 0.204. The Morgan fingerprint density at radius 2 is 2.29 bits per heavy atom. The number of carbonyl (C=O) groups excluding carboxylic acids is 1. The van der Waals surface area contributed by atoms with Gasteiger partial charge in [-0.3, -0.25) is 4.79 Å². The predicted octanol–water partition coefficient (Wildman–Crippen LogP) is 1.59. The SMILES string of the molecule is C#CCNC(=O)CSc1nnc(-c2ccccc2OC)o1. The van der Waals surface area contributed by atoms with Crippen molar-refractivity contribution in [3.8, 4) is 29.5 Å². The van der Waals surface area contributed by atoms with Crippen molar-refractivity contribution in [1.82, 2.24) is 15.5 Å². The zero-order chi connectivity index (χ0) is 15.1. The van der Waals surface area contributed by atoms with Crippen molar-refractivity contribution in [1.29, 1.82) is 0 Å². The number of ether oxygens (including phenoxy) is 1. The van der Waals surface area contributed by atoms with Gasteiger partial charge >= 0.3 is 0 Å². The molecule has 21 heavy (non-hydrogen) atoms. The highest BCUT2D eigenvalue weighted by Crippen LogP contribution is 2.30. The first kappa shape index (κ1) is 14.9. The minimum Gasteiger partial charge on any atom is -0.496 e. The monoisotopic (exact) mass is 303 g/mol. The van der Waals surface area contributed by atoms with E-state index in [2.05, 4.69) is 21.4 Å². The molecule has 0 aliphatic heterocycles. The van der Waals surface area contributed by atoms with Gasteiger partial charge in [-0.05, 0) is 12.1 Å². The van der Waals surface area contributed by atoms with Gasteiger partial charge in [-0.25, -0.2) is 0 Å². The fraction of sp³-hybridized carbons (Fsp3) is 0.214. The van der Waals surface area contributed by atoms with Crippen molar-refractivity contribution in [2.45, 2.75) is 5.22 Å². The molecule has 6 nitrogen and oxygen atoms in total. The van der Waals surface area contributed by atoms with Crippen molar-refractivity contribution >= 4 is 17.7 Å². The summed E-state index contributed by atoms with van der Waals surface area (Å²) in [4.78, 5) is 11.4. The predicted molar refractivity (Wildman–Crippen MR) is 78.9 cm³/mol. The second-order valence-corrected chi connectivity index (χ2v) is 4.77. The quantitative estimate of drug-likeness (QED) is 0.645. The first-order valence-electron chi connectivity index (χ1n) is 6.04. The number of benzene rings is 1. The van der Waals surface area contributed by atoms with Crippen molar-refractivity contribution in [2.75, 3.05) is 19.4 Å². The third-order valence-electron chi connectivity index (χ3n) is 2.46. The minimum absolute atomic E-state index is 0.162. The van der Waals surface area contributed by atoms with Gasteiger partial charge < -0.3 is 14.5 Å². The topological polar surface area (TPSA) is 77.2 Å². The zero-order valence-electron chi connectivity index (χ0n) is 11.3. The Morgan fingerprint density at radius 1 is 1.48 bits per heavy atom. The van der Waals surface area contributed by atoms with E-state index in [4.69, 9.17) is 15.6 Å². The first-order valence-corrected chi connectivity index (χ1v) is 7.03. The number of hydrogen-bond donors (Lipinski definition) is 1. The van der Waals surface area contributed by atoms with Crippen LogP contribution in [0, 0.1) is 12.3 Å². The highest BCUT2D eigenvalue weighted by atomic mass is 32.2. The molecule has 2 rings (SSSR count). The number of nitrogens with zero attached hydrogens (tertiary/aromatic N) is 2. The van der Waals surface area contributed by atoms with Crippen LogP contribution in [0.1, 0.15) is 0 Å². The lowest BCUT2D eigenvalue weighted by atomic mass is 10.2. The molecule has 2 aromatic rings. The summed E-state index contributed by atoms with van der Waals surface area (Å²) in [7, 11) is 1.57. The van der Waals surface area contributed by atoms with Crippen molar-refractivity contribution in [3.63, 3.8) is 0 Å². The number of amides is 1. The first-order chi connectivity index (χ1) is 10.2. The summed E-state index contributed by atoms with van der Waals surface area (Å²) < 4.78 is 10.7. The number of rotatable bonds is 6. The zero-order valence-corrected chi connectivity index (χ0v) is 12.1. The Morgan fingerprint density at radius 3 is 3.05 bits per heavy atom. The van der Waals surface area contributed by atoms with Gasteiger partial charge in [0.25, 0.3) is 11.1 Å². The molecule has 0 saturated heterocycles. The van der Waals surface area contributed by atoms with E-state index in [1.165, 1.54) is 0 Å². The molecule has 1 aromatic heterocycles. The van der Waals surface area contributed by atoms with Crippen LogP contribution in [-0.4, -0.2) is 35.5 Å². The molecule has 0 aliphatic carbocycles. The largest absolute Gasteiger partial charge is 0.496 e. The molecule has 108 valence electrons. The van der Waals surface area contributed by atoms with Gasteiger partial charge in [0, 0.05) is 0 Å². The molecular weight excluding hydrogens is 290 g/mol. The average molecular weight is 303 g/mol. The molecule has 1 heterocycles. The summed E-state index contributed by atoms with van der Waals surface area (Å²) >= 11 is 1.15. The second kappa shape index (κ2) is 7.36. The molecule has 0 unspecified atom stereocenters. The van der Waals surface area contributed by atoms with E-state index in [1.54, 1.807) is 13.2 Å². The van der Waals surface area contributed by atoms with E-state index in [9.17, 15) is 4.79 Å². The van der Waals surface area contributed by atoms with Crippen LogP contribution in [0.4, 0.5) is 0 Å². The lowest BCUT2D eigenvalue weighted by molar-refractivity contribution is -0.118. The van der Waals surface area contributed by atoms with Crippen molar-refractivity contribution < 1.29 is 13.9 Å². The van der Waals surface area contributed by atoms with Gasteiger partial charge in [-0.15, -0.1) is 16.6 Å². The van der Waals surface area contributed by atoms with E-state index in [0.717, 1.165) is 11.8 Å². The fourth-order valence-corrected chi connectivity index (χ4v) is 2.12. The third kappa shape index (κ3) is 4.00. The van der Waals surface area contributed by atoms with Gasteiger partial charge in [-0.2, -0.15) is 0 Å². The molecular formula is C14H13N3O3S. The molecule has 0 bridgehead atoms. The molecule has 0 spiro atoms. The normalized spacial score (nSPS) is 9.90. The Labute approximate surface area is 126 Å². The summed E-state index contributed by atoms with van der Waals surface area (Å²) in [6, 6.07) is 7.33. The Bertz CT molecular complexity index is 663. The maximum atomic E-state index is 11.4. The van der Waals surface area contributed by atoms with Crippen LogP contribution >= 0.6 is 11.8 Å². The van der Waals surface area contributed by atoms with Crippen LogP contribution in [0.25, 0.3) is 11.5 Å². The molecule has 0 radical (unpaired) electrons. The number of hydrogen-bond acceptors (Lipinski definition) is 6. The number of nitrogens with one attached hydrogen (secondary N) is 1. The van der Waals surface area contributed by atoms with Gasteiger partial charge in [0.1, 0.15) is 5.75 Å². The second-order valence-electron chi connectivity index (χ2n) is 3.84. The molecule has 1 N–H and O–H groups in total. The molecule has 1 amide bonds. The van der Waals surface area contributed by atoms with E-state index < -0.39 is 0 Å². The number of thioether (sulfide) groups is 1.